The molecule has 0 saturated heterocycles. The molecule has 0 aliphatic rings. The predicted molar refractivity (Wildman–Crippen MR) is 91.8 cm³/mol. The maximum Gasteiger partial charge on any atom is 0.187 e. The molecule has 0 radical (unpaired) electrons. The largest absolute Gasteiger partial charge is 0.359 e. The lowest BCUT2D eigenvalue weighted by atomic mass is 10.1. The van der Waals surface area contributed by atoms with Crippen LogP contribution in [0.25, 0.3) is 0 Å². The van der Waals surface area contributed by atoms with Gasteiger partial charge in [-0.2, -0.15) is 0 Å². The number of carbonyl (C=O) groups is 1. The first kappa shape index (κ1) is 15.5. The second kappa shape index (κ2) is 6.72. The van der Waals surface area contributed by atoms with E-state index in [4.69, 9.17) is 0 Å². The van der Waals surface area contributed by atoms with Crippen LogP contribution >= 0.6 is 15.9 Å². The van der Waals surface area contributed by atoms with Crippen molar-refractivity contribution in [3.63, 3.8) is 0 Å². The topological polar surface area (TPSA) is 29.1 Å². The normalized spacial score (nSPS) is 11.3. The van der Waals surface area contributed by atoms with Crippen LogP contribution < -0.4 is 5.32 Å². The molecule has 0 heterocycles. The van der Waals surface area contributed by atoms with Crippen molar-refractivity contribution in [1.82, 2.24) is 0 Å². The zero-order valence-corrected chi connectivity index (χ0v) is 14.0. The molecule has 3 heteroatoms. The molecular formula is C18H18BrNO. The van der Waals surface area contributed by atoms with Crippen molar-refractivity contribution in [2.24, 2.45) is 0 Å². The highest BCUT2D eigenvalue weighted by atomic mass is 79.9. The molecule has 0 amide bonds. The van der Waals surface area contributed by atoms with Crippen LogP contribution in [0.15, 0.2) is 58.7 Å². The third kappa shape index (κ3) is 4.30. The fourth-order valence-corrected chi connectivity index (χ4v) is 2.36. The molecule has 2 nitrogen and oxygen atoms in total. The summed E-state index contributed by atoms with van der Waals surface area (Å²) in [6.45, 7) is 6.02. The highest BCUT2D eigenvalue weighted by Crippen LogP contribution is 2.18. The molecule has 21 heavy (non-hydrogen) atoms. The summed E-state index contributed by atoms with van der Waals surface area (Å²) in [5.74, 6) is -0.00253. The number of hydrogen-bond acceptors (Lipinski definition) is 2. The third-order valence-corrected chi connectivity index (χ3v) is 3.72. The first-order chi connectivity index (χ1) is 9.95. The number of nitrogens with one attached hydrogen (secondary N) is 1. The quantitative estimate of drug-likeness (QED) is 0.605. The summed E-state index contributed by atoms with van der Waals surface area (Å²) < 4.78 is 0.966. The average Bonchev–Trinajstić information content (AvgIpc) is 2.42. The number of carbonyl (C=O) groups excluding carboxylic acids is 1. The Morgan fingerprint density at radius 2 is 1.76 bits per heavy atom. The summed E-state index contributed by atoms with van der Waals surface area (Å²) in [5.41, 5.74) is 4.93. The van der Waals surface area contributed by atoms with Gasteiger partial charge in [-0.1, -0.05) is 33.6 Å². The van der Waals surface area contributed by atoms with Gasteiger partial charge in [0.05, 0.1) is 0 Å². The van der Waals surface area contributed by atoms with Crippen molar-refractivity contribution >= 4 is 27.4 Å². The van der Waals surface area contributed by atoms with E-state index in [0.717, 1.165) is 15.9 Å². The molecule has 0 saturated carbocycles. The summed E-state index contributed by atoms with van der Waals surface area (Å²) in [6.07, 6.45) is 1.63. The van der Waals surface area contributed by atoms with Crippen molar-refractivity contribution in [1.29, 1.82) is 0 Å². The Labute approximate surface area is 134 Å². The Morgan fingerprint density at radius 3 is 2.38 bits per heavy atom. The van der Waals surface area contributed by atoms with Gasteiger partial charge in [-0.15, -0.1) is 0 Å². The van der Waals surface area contributed by atoms with Crippen LogP contribution in [0.3, 0.4) is 0 Å². The van der Waals surface area contributed by atoms with Crippen molar-refractivity contribution in [3.05, 3.63) is 75.4 Å². The first-order valence-corrected chi connectivity index (χ1v) is 7.57. The molecule has 0 spiro atoms. The summed E-state index contributed by atoms with van der Waals surface area (Å²) in [4.78, 5) is 12.2. The van der Waals surface area contributed by atoms with Crippen LogP contribution in [0.1, 0.15) is 28.4 Å². The van der Waals surface area contributed by atoms with Gasteiger partial charge in [0, 0.05) is 27.5 Å². The second-order valence-electron chi connectivity index (χ2n) is 5.14. The molecule has 0 atom stereocenters. The van der Waals surface area contributed by atoms with Crippen molar-refractivity contribution in [2.75, 3.05) is 5.32 Å². The van der Waals surface area contributed by atoms with Crippen molar-refractivity contribution in [3.8, 4) is 0 Å². The molecule has 0 fully saturated rings. The van der Waals surface area contributed by atoms with Crippen LogP contribution in [-0.4, -0.2) is 5.78 Å². The van der Waals surface area contributed by atoms with Crippen LogP contribution in [0.5, 0.6) is 0 Å². The summed E-state index contributed by atoms with van der Waals surface area (Å²) >= 11 is 3.36. The van der Waals surface area contributed by atoms with Gasteiger partial charge in [0.2, 0.25) is 0 Å². The molecule has 1 N–H and O–H groups in total. The Hall–Kier alpha value is -1.87. The van der Waals surface area contributed by atoms with E-state index in [1.54, 1.807) is 6.08 Å². The molecule has 2 aromatic rings. The summed E-state index contributed by atoms with van der Waals surface area (Å²) in [6, 6.07) is 13.6. The van der Waals surface area contributed by atoms with Gasteiger partial charge in [-0.3, -0.25) is 4.79 Å². The molecule has 0 aromatic heterocycles. The van der Waals surface area contributed by atoms with Gasteiger partial charge < -0.3 is 5.32 Å². The maximum atomic E-state index is 12.2. The number of allylic oxidation sites excluding steroid dienone is 2. The zero-order valence-electron chi connectivity index (χ0n) is 12.4. The fraction of sp³-hybridized carbons (Fsp3) is 0.167. The lowest BCUT2D eigenvalue weighted by Gasteiger charge is -2.10. The highest BCUT2D eigenvalue weighted by molar-refractivity contribution is 9.10. The molecule has 0 aliphatic heterocycles. The van der Waals surface area contributed by atoms with E-state index in [0.29, 0.717) is 5.56 Å². The minimum absolute atomic E-state index is 0.00253. The van der Waals surface area contributed by atoms with E-state index >= 15 is 0 Å². The van der Waals surface area contributed by atoms with Gasteiger partial charge in [-0.05, 0) is 56.7 Å². The Balaban J connectivity index is 2.13. The number of aryl methyl sites for hydroxylation is 2. The molecule has 0 bridgehead atoms. The van der Waals surface area contributed by atoms with Gasteiger partial charge in [0.1, 0.15) is 0 Å². The predicted octanol–water partition coefficient (Wildman–Crippen LogP) is 5.26. The minimum Gasteiger partial charge on any atom is -0.359 e. The van der Waals surface area contributed by atoms with Crippen molar-refractivity contribution < 1.29 is 4.79 Å². The third-order valence-electron chi connectivity index (χ3n) is 3.19. The molecule has 2 rings (SSSR count). The van der Waals surface area contributed by atoms with Crippen LogP contribution in [0.2, 0.25) is 0 Å². The smallest absolute Gasteiger partial charge is 0.187 e. The van der Waals surface area contributed by atoms with Gasteiger partial charge in [-0.25, -0.2) is 0 Å². The van der Waals surface area contributed by atoms with E-state index in [1.807, 2.05) is 37.3 Å². The van der Waals surface area contributed by atoms with Crippen molar-refractivity contribution in [2.45, 2.75) is 20.8 Å². The van der Waals surface area contributed by atoms with E-state index in [2.05, 4.69) is 47.2 Å². The second-order valence-corrected chi connectivity index (χ2v) is 6.06. The average molecular weight is 344 g/mol. The molecule has 108 valence electrons. The van der Waals surface area contributed by atoms with Gasteiger partial charge >= 0.3 is 0 Å². The maximum absolute atomic E-state index is 12.2. The summed E-state index contributed by atoms with van der Waals surface area (Å²) in [5, 5.41) is 3.28. The van der Waals surface area contributed by atoms with Crippen LogP contribution in [0, 0.1) is 13.8 Å². The van der Waals surface area contributed by atoms with Crippen LogP contribution in [0.4, 0.5) is 5.69 Å². The number of hydrogen-bond donors (Lipinski definition) is 1. The SMILES string of the molecule is C/C(=C\C(=O)c1ccc(Br)cc1)Nc1ccc(C)cc1C. The number of halogens is 1. The fourth-order valence-electron chi connectivity index (χ4n) is 2.10. The monoisotopic (exact) mass is 343 g/mol. The molecule has 2 aromatic carbocycles. The Bertz CT molecular complexity index is 687. The first-order valence-electron chi connectivity index (χ1n) is 6.78. The van der Waals surface area contributed by atoms with Crippen LogP contribution in [-0.2, 0) is 0 Å². The van der Waals surface area contributed by atoms with E-state index < -0.39 is 0 Å². The lowest BCUT2D eigenvalue weighted by molar-refractivity contribution is 0.104. The lowest BCUT2D eigenvalue weighted by Crippen LogP contribution is -2.02. The number of benzene rings is 2. The molecule has 0 unspecified atom stereocenters. The summed E-state index contributed by atoms with van der Waals surface area (Å²) in [7, 11) is 0. The van der Waals surface area contributed by atoms with E-state index in [-0.39, 0.29) is 5.78 Å². The standard InChI is InChI=1S/C18H18BrNO/c1-12-4-9-17(13(2)10-12)20-14(3)11-18(21)15-5-7-16(19)8-6-15/h4-11,20H,1-3H3/b14-11+. The number of anilines is 1. The van der Waals surface area contributed by atoms with Gasteiger partial charge in [0.15, 0.2) is 5.78 Å². The Kier molecular flexibility index (Phi) is 4.97. The van der Waals surface area contributed by atoms with E-state index in [9.17, 15) is 4.79 Å². The number of rotatable bonds is 4. The molecule has 0 aliphatic carbocycles. The van der Waals surface area contributed by atoms with E-state index in [1.165, 1.54) is 11.1 Å². The Morgan fingerprint density at radius 1 is 1.10 bits per heavy atom. The number of ketones is 1. The minimum atomic E-state index is -0.00253. The molecular weight excluding hydrogens is 326 g/mol. The highest BCUT2D eigenvalue weighted by Gasteiger charge is 2.04. The van der Waals surface area contributed by atoms with Gasteiger partial charge in [0.25, 0.3) is 0 Å². The zero-order chi connectivity index (χ0) is 15.4.